The van der Waals surface area contributed by atoms with Crippen molar-refractivity contribution in [3.63, 3.8) is 0 Å². The van der Waals surface area contributed by atoms with Gasteiger partial charge in [-0.25, -0.2) is 0 Å². The molecule has 6 nitrogen and oxygen atoms in total. The Hall–Kier alpha value is -3.04. The Balaban J connectivity index is 1.39. The normalized spacial score (nSPS) is 12.8. The van der Waals surface area contributed by atoms with Crippen LogP contribution in [-0.2, 0) is 16.1 Å². The maximum Gasteiger partial charge on any atom is 0.224 e. The Morgan fingerprint density at radius 1 is 1.21 bits per heavy atom. The van der Waals surface area contributed by atoms with Crippen molar-refractivity contribution in [2.75, 3.05) is 25.6 Å². The Morgan fingerprint density at radius 2 is 2.07 bits per heavy atom. The average Bonchev–Trinajstić information content (AvgIpc) is 3.56. The number of nitrogens with one attached hydrogen (secondary N) is 1. The molecule has 0 spiro atoms. The topological polar surface area (TPSA) is 80.6 Å². The molecule has 0 unspecified atom stereocenters. The van der Waals surface area contributed by atoms with Gasteiger partial charge in [0, 0.05) is 24.8 Å². The van der Waals surface area contributed by atoms with Crippen LogP contribution in [0.25, 0.3) is 0 Å². The van der Waals surface area contributed by atoms with Crippen molar-refractivity contribution in [3.05, 3.63) is 53.6 Å². The second-order valence-electron chi connectivity index (χ2n) is 7.14. The van der Waals surface area contributed by atoms with Crippen LogP contribution in [-0.4, -0.2) is 26.2 Å². The van der Waals surface area contributed by atoms with Gasteiger partial charge in [-0.05, 0) is 55.0 Å². The fourth-order valence-electron chi connectivity index (χ4n) is 2.86. The van der Waals surface area contributed by atoms with Crippen molar-refractivity contribution in [1.82, 2.24) is 0 Å². The molecule has 152 valence electrons. The summed E-state index contributed by atoms with van der Waals surface area (Å²) in [5.41, 5.74) is 2.34. The summed E-state index contributed by atoms with van der Waals surface area (Å²) in [6, 6.07) is 14.8. The molecular formula is C23H26N2O4. The molecule has 2 aromatic rings. The quantitative estimate of drug-likeness (QED) is 0.575. The van der Waals surface area contributed by atoms with Crippen LogP contribution >= 0.6 is 0 Å². The number of ether oxygens (including phenoxy) is 3. The molecule has 2 aromatic carbocycles. The Kier molecular flexibility index (Phi) is 7.48. The van der Waals surface area contributed by atoms with E-state index in [1.807, 2.05) is 24.3 Å². The largest absolute Gasteiger partial charge is 0.493 e. The number of rotatable bonds is 11. The molecule has 6 heteroatoms. The van der Waals surface area contributed by atoms with E-state index in [-0.39, 0.29) is 5.91 Å². The van der Waals surface area contributed by atoms with Gasteiger partial charge in [-0.3, -0.25) is 4.79 Å². The number of hydrogen-bond donors (Lipinski definition) is 1. The van der Waals surface area contributed by atoms with E-state index in [2.05, 4.69) is 11.4 Å². The SMILES string of the molecule is COc1cc(C#N)ccc1OCCCC(=O)Nc1cccc(COCC2CC2)c1. The molecule has 0 aromatic heterocycles. The van der Waals surface area contributed by atoms with E-state index < -0.39 is 0 Å². The summed E-state index contributed by atoms with van der Waals surface area (Å²) in [5.74, 6) is 1.75. The Morgan fingerprint density at radius 3 is 2.83 bits per heavy atom. The van der Waals surface area contributed by atoms with E-state index in [4.69, 9.17) is 19.5 Å². The molecule has 1 saturated carbocycles. The standard InChI is InChI=1S/C23H26N2O4/c1-27-22-13-18(14-24)9-10-21(22)29-11-3-6-23(26)25-20-5-2-4-19(12-20)16-28-15-17-7-8-17/h2,4-5,9-10,12-13,17H,3,6-8,11,15-16H2,1H3,(H,25,26). The molecule has 0 saturated heterocycles. The van der Waals surface area contributed by atoms with Crippen LogP contribution in [0.4, 0.5) is 5.69 Å². The number of amides is 1. The van der Waals surface area contributed by atoms with Crippen LogP contribution in [0.15, 0.2) is 42.5 Å². The third kappa shape index (κ3) is 6.81. The lowest BCUT2D eigenvalue weighted by Crippen LogP contribution is -2.13. The van der Waals surface area contributed by atoms with E-state index in [1.54, 1.807) is 18.2 Å². The van der Waals surface area contributed by atoms with Gasteiger partial charge < -0.3 is 19.5 Å². The third-order valence-electron chi connectivity index (χ3n) is 4.63. The fourth-order valence-corrected chi connectivity index (χ4v) is 2.86. The summed E-state index contributed by atoms with van der Waals surface area (Å²) in [7, 11) is 1.53. The van der Waals surface area contributed by atoms with Crippen molar-refractivity contribution < 1.29 is 19.0 Å². The Bertz CT molecular complexity index is 871. The number of anilines is 1. The molecule has 0 radical (unpaired) electrons. The fraction of sp³-hybridized carbons (Fsp3) is 0.391. The zero-order chi connectivity index (χ0) is 20.5. The molecule has 1 fully saturated rings. The van der Waals surface area contributed by atoms with Crippen molar-refractivity contribution >= 4 is 11.6 Å². The number of methoxy groups -OCH3 is 1. The van der Waals surface area contributed by atoms with E-state index in [0.717, 1.165) is 23.8 Å². The lowest BCUT2D eigenvalue weighted by Gasteiger charge is -2.11. The van der Waals surface area contributed by atoms with Gasteiger partial charge >= 0.3 is 0 Å². The lowest BCUT2D eigenvalue weighted by atomic mass is 10.2. The molecule has 1 aliphatic rings. The minimum atomic E-state index is -0.0588. The second-order valence-corrected chi connectivity index (χ2v) is 7.14. The van der Waals surface area contributed by atoms with Crippen LogP contribution < -0.4 is 14.8 Å². The van der Waals surface area contributed by atoms with E-state index in [9.17, 15) is 4.79 Å². The Labute approximate surface area is 171 Å². The van der Waals surface area contributed by atoms with E-state index >= 15 is 0 Å². The highest BCUT2D eigenvalue weighted by Crippen LogP contribution is 2.29. The molecule has 0 aliphatic heterocycles. The summed E-state index contributed by atoms with van der Waals surface area (Å²) >= 11 is 0. The molecule has 1 aliphatic carbocycles. The first kappa shape index (κ1) is 20.7. The third-order valence-corrected chi connectivity index (χ3v) is 4.63. The van der Waals surface area contributed by atoms with Crippen LogP contribution in [0, 0.1) is 17.2 Å². The molecule has 0 atom stereocenters. The lowest BCUT2D eigenvalue weighted by molar-refractivity contribution is -0.116. The molecule has 1 amide bonds. The number of hydrogen-bond acceptors (Lipinski definition) is 5. The van der Waals surface area contributed by atoms with Gasteiger partial charge in [0.2, 0.25) is 5.91 Å². The van der Waals surface area contributed by atoms with Gasteiger partial charge in [0.05, 0.1) is 32.0 Å². The van der Waals surface area contributed by atoms with Crippen molar-refractivity contribution in [2.45, 2.75) is 32.3 Å². The van der Waals surface area contributed by atoms with Gasteiger partial charge in [0.25, 0.3) is 0 Å². The maximum atomic E-state index is 12.2. The van der Waals surface area contributed by atoms with E-state index in [0.29, 0.717) is 43.1 Å². The highest BCUT2D eigenvalue weighted by atomic mass is 16.5. The second kappa shape index (κ2) is 10.5. The summed E-state index contributed by atoms with van der Waals surface area (Å²) in [6.45, 7) is 1.77. The first-order chi connectivity index (χ1) is 14.2. The van der Waals surface area contributed by atoms with Gasteiger partial charge in [0.1, 0.15) is 0 Å². The molecular weight excluding hydrogens is 368 g/mol. The summed E-state index contributed by atoms with van der Waals surface area (Å²) in [4.78, 5) is 12.2. The first-order valence-electron chi connectivity index (χ1n) is 9.85. The first-order valence-corrected chi connectivity index (χ1v) is 9.85. The molecule has 29 heavy (non-hydrogen) atoms. The van der Waals surface area contributed by atoms with Gasteiger partial charge in [0.15, 0.2) is 11.5 Å². The number of carbonyl (C=O) groups excluding carboxylic acids is 1. The smallest absolute Gasteiger partial charge is 0.224 e. The molecule has 1 N–H and O–H groups in total. The monoisotopic (exact) mass is 394 g/mol. The van der Waals surface area contributed by atoms with Crippen LogP contribution in [0.3, 0.4) is 0 Å². The van der Waals surface area contributed by atoms with Gasteiger partial charge in [-0.2, -0.15) is 5.26 Å². The number of nitrogens with zero attached hydrogens (tertiary/aromatic N) is 1. The number of benzene rings is 2. The highest BCUT2D eigenvalue weighted by molar-refractivity contribution is 5.90. The molecule has 0 bridgehead atoms. The van der Waals surface area contributed by atoms with E-state index in [1.165, 1.54) is 20.0 Å². The van der Waals surface area contributed by atoms with Crippen molar-refractivity contribution in [3.8, 4) is 17.6 Å². The minimum absolute atomic E-state index is 0.0588. The summed E-state index contributed by atoms with van der Waals surface area (Å²) < 4.78 is 16.6. The number of carbonyl (C=O) groups is 1. The summed E-state index contributed by atoms with van der Waals surface area (Å²) in [5, 5.41) is 11.9. The predicted molar refractivity (Wildman–Crippen MR) is 110 cm³/mol. The van der Waals surface area contributed by atoms with Gasteiger partial charge in [-0.1, -0.05) is 12.1 Å². The van der Waals surface area contributed by atoms with Crippen LogP contribution in [0.2, 0.25) is 0 Å². The summed E-state index contributed by atoms with van der Waals surface area (Å²) in [6.07, 6.45) is 3.47. The average molecular weight is 394 g/mol. The van der Waals surface area contributed by atoms with Gasteiger partial charge in [-0.15, -0.1) is 0 Å². The molecule has 0 heterocycles. The van der Waals surface area contributed by atoms with Crippen LogP contribution in [0.5, 0.6) is 11.5 Å². The highest BCUT2D eigenvalue weighted by Gasteiger charge is 2.21. The van der Waals surface area contributed by atoms with Crippen molar-refractivity contribution in [2.24, 2.45) is 5.92 Å². The predicted octanol–water partition coefficient (Wildman–Crippen LogP) is 4.29. The zero-order valence-corrected chi connectivity index (χ0v) is 16.6. The molecule has 3 rings (SSSR count). The zero-order valence-electron chi connectivity index (χ0n) is 16.6. The maximum absolute atomic E-state index is 12.2. The number of nitriles is 1. The minimum Gasteiger partial charge on any atom is -0.493 e. The van der Waals surface area contributed by atoms with Crippen LogP contribution in [0.1, 0.15) is 36.8 Å². The van der Waals surface area contributed by atoms with Crippen molar-refractivity contribution in [1.29, 1.82) is 5.26 Å².